The van der Waals surface area contributed by atoms with Crippen LogP contribution in [0, 0.1) is 6.92 Å². The summed E-state index contributed by atoms with van der Waals surface area (Å²) < 4.78 is 0. The van der Waals surface area contributed by atoms with Crippen LogP contribution >= 0.6 is 23.4 Å². The molecule has 132 valence electrons. The summed E-state index contributed by atoms with van der Waals surface area (Å²) in [5, 5.41) is 0.791. The zero-order chi connectivity index (χ0) is 18.0. The van der Waals surface area contributed by atoms with Gasteiger partial charge in [-0.2, -0.15) is 0 Å². The molecule has 2 aromatic rings. The number of aryl methyl sites for hydroxylation is 1. The van der Waals surface area contributed by atoms with Crippen LogP contribution in [0.4, 0.5) is 0 Å². The number of nitrogens with zero attached hydrogens (tertiary/aromatic N) is 2. The zero-order valence-electron chi connectivity index (χ0n) is 14.8. The molecule has 2 heterocycles. The van der Waals surface area contributed by atoms with Gasteiger partial charge in [-0.25, -0.2) is 4.98 Å². The van der Waals surface area contributed by atoms with Crippen molar-refractivity contribution in [1.82, 2.24) is 9.88 Å². The molecule has 5 heteroatoms. The molecule has 25 heavy (non-hydrogen) atoms. The first-order valence-corrected chi connectivity index (χ1v) is 10.00. The Bertz CT molecular complexity index is 770. The van der Waals surface area contributed by atoms with Crippen molar-refractivity contribution in [3.8, 4) is 0 Å². The van der Waals surface area contributed by atoms with Crippen LogP contribution in [0.2, 0.25) is 5.02 Å². The summed E-state index contributed by atoms with van der Waals surface area (Å²) in [7, 11) is 0. The van der Waals surface area contributed by atoms with Crippen molar-refractivity contribution >= 4 is 29.3 Å². The molecule has 1 amide bonds. The van der Waals surface area contributed by atoms with E-state index in [4.69, 9.17) is 11.6 Å². The van der Waals surface area contributed by atoms with E-state index in [1.165, 1.54) is 0 Å². The normalized spacial score (nSPS) is 20.1. The zero-order valence-corrected chi connectivity index (χ0v) is 16.4. The second-order valence-electron chi connectivity index (χ2n) is 6.68. The van der Waals surface area contributed by atoms with Gasteiger partial charge in [-0.1, -0.05) is 29.8 Å². The van der Waals surface area contributed by atoms with E-state index in [1.807, 2.05) is 48.2 Å². The van der Waals surface area contributed by atoms with Crippen LogP contribution in [-0.4, -0.2) is 27.9 Å². The lowest BCUT2D eigenvalue weighted by Crippen LogP contribution is -2.39. The average Bonchev–Trinajstić information content (AvgIpc) is 2.94. The smallest absolute Gasteiger partial charge is 0.272 e. The number of carbonyl (C=O) groups is 1. The van der Waals surface area contributed by atoms with E-state index in [2.05, 4.69) is 18.8 Å². The molecule has 2 atom stereocenters. The predicted molar refractivity (Wildman–Crippen MR) is 104 cm³/mol. The molecule has 1 aromatic heterocycles. The summed E-state index contributed by atoms with van der Waals surface area (Å²) in [6.07, 6.45) is 2.13. The molecule has 1 fully saturated rings. The van der Waals surface area contributed by atoms with Crippen LogP contribution in [0.3, 0.4) is 0 Å². The summed E-state index contributed by atoms with van der Waals surface area (Å²) in [6.45, 7) is 6.23. The molecule has 0 spiro atoms. The highest BCUT2D eigenvalue weighted by Gasteiger charge is 2.32. The first-order chi connectivity index (χ1) is 12.0. The maximum Gasteiger partial charge on any atom is 0.272 e. The minimum absolute atomic E-state index is 0.0398. The number of rotatable bonds is 4. The fourth-order valence-electron chi connectivity index (χ4n) is 3.29. The SMILES string of the molecule is Cc1cccc(SCc2cccc(C(=O)N3C(C)CCC3C)n2)c1Cl. The molecule has 0 bridgehead atoms. The number of hydrogen-bond acceptors (Lipinski definition) is 3. The Kier molecular flexibility index (Phi) is 5.70. The molecule has 1 aliphatic heterocycles. The third-order valence-corrected chi connectivity index (χ3v) is 6.45. The van der Waals surface area contributed by atoms with Gasteiger partial charge in [-0.05, 0) is 57.4 Å². The number of thioether (sulfide) groups is 1. The average molecular weight is 375 g/mol. The molecule has 0 radical (unpaired) electrons. The molecule has 1 saturated heterocycles. The van der Waals surface area contributed by atoms with E-state index in [1.54, 1.807) is 11.8 Å². The van der Waals surface area contributed by atoms with Crippen molar-refractivity contribution in [1.29, 1.82) is 0 Å². The van der Waals surface area contributed by atoms with Gasteiger partial charge in [0.25, 0.3) is 5.91 Å². The number of benzene rings is 1. The Morgan fingerprint density at radius 3 is 2.60 bits per heavy atom. The third-order valence-electron chi connectivity index (χ3n) is 4.74. The van der Waals surface area contributed by atoms with Gasteiger partial charge in [-0.3, -0.25) is 4.79 Å². The van der Waals surface area contributed by atoms with E-state index >= 15 is 0 Å². The topological polar surface area (TPSA) is 33.2 Å². The fraction of sp³-hybridized carbons (Fsp3) is 0.400. The summed E-state index contributed by atoms with van der Waals surface area (Å²) in [4.78, 5) is 20.4. The van der Waals surface area contributed by atoms with Crippen molar-refractivity contribution in [2.24, 2.45) is 0 Å². The molecule has 1 aliphatic rings. The predicted octanol–water partition coefficient (Wildman–Crippen LogP) is 5.35. The van der Waals surface area contributed by atoms with Gasteiger partial charge >= 0.3 is 0 Å². The monoisotopic (exact) mass is 374 g/mol. The maximum absolute atomic E-state index is 12.8. The van der Waals surface area contributed by atoms with Crippen molar-refractivity contribution < 1.29 is 4.79 Å². The standard InChI is InChI=1S/C20H23ClN2OS/c1-13-6-4-9-18(19(13)21)25-12-16-7-5-8-17(22-16)20(24)23-14(2)10-11-15(23)3/h4-9,14-15H,10-12H2,1-3H3. The Morgan fingerprint density at radius 1 is 1.20 bits per heavy atom. The number of hydrogen-bond donors (Lipinski definition) is 0. The lowest BCUT2D eigenvalue weighted by molar-refractivity contribution is 0.0686. The van der Waals surface area contributed by atoms with Crippen LogP contribution < -0.4 is 0 Å². The molecule has 0 N–H and O–H groups in total. The fourth-order valence-corrected chi connectivity index (χ4v) is 4.51. The van der Waals surface area contributed by atoms with Crippen LogP contribution in [0.25, 0.3) is 0 Å². The van der Waals surface area contributed by atoms with Gasteiger partial charge in [0, 0.05) is 22.7 Å². The molecular formula is C20H23ClN2OS. The van der Waals surface area contributed by atoms with E-state index in [0.29, 0.717) is 11.4 Å². The van der Waals surface area contributed by atoms with Crippen LogP contribution in [0.5, 0.6) is 0 Å². The molecule has 0 aliphatic carbocycles. The van der Waals surface area contributed by atoms with E-state index < -0.39 is 0 Å². The highest BCUT2D eigenvalue weighted by atomic mass is 35.5. The Labute approximate surface area is 158 Å². The van der Waals surface area contributed by atoms with Gasteiger partial charge in [0.15, 0.2) is 0 Å². The Morgan fingerprint density at radius 2 is 1.88 bits per heavy atom. The number of halogens is 1. The molecule has 3 rings (SSSR count). The van der Waals surface area contributed by atoms with Crippen molar-refractivity contribution in [3.05, 3.63) is 58.4 Å². The summed E-state index contributed by atoms with van der Waals surface area (Å²) in [6, 6.07) is 12.3. The van der Waals surface area contributed by atoms with Gasteiger partial charge in [-0.15, -0.1) is 11.8 Å². The van der Waals surface area contributed by atoms with Gasteiger partial charge in [0.2, 0.25) is 0 Å². The third kappa shape index (κ3) is 4.01. The van der Waals surface area contributed by atoms with Gasteiger partial charge in [0.05, 0.1) is 10.7 Å². The lowest BCUT2D eigenvalue weighted by Gasteiger charge is -2.26. The number of pyridine rings is 1. The van der Waals surface area contributed by atoms with Gasteiger partial charge in [0.1, 0.15) is 5.69 Å². The molecule has 2 unspecified atom stereocenters. The molecule has 1 aromatic carbocycles. The largest absolute Gasteiger partial charge is 0.332 e. The first-order valence-electron chi connectivity index (χ1n) is 8.64. The maximum atomic E-state index is 12.8. The second-order valence-corrected chi connectivity index (χ2v) is 8.07. The van der Waals surface area contributed by atoms with Crippen molar-refractivity contribution in [2.45, 2.75) is 56.3 Å². The van der Waals surface area contributed by atoms with Crippen LogP contribution in [0.15, 0.2) is 41.3 Å². The van der Waals surface area contributed by atoms with Crippen LogP contribution in [-0.2, 0) is 5.75 Å². The van der Waals surface area contributed by atoms with E-state index in [-0.39, 0.29) is 18.0 Å². The van der Waals surface area contributed by atoms with Crippen LogP contribution in [0.1, 0.15) is 48.4 Å². The Balaban J connectivity index is 1.73. The van der Waals surface area contributed by atoms with Crippen molar-refractivity contribution in [3.63, 3.8) is 0 Å². The number of amides is 1. The summed E-state index contributed by atoms with van der Waals surface area (Å²) in [5.41, 5.74) is 2.50. The molecule has 0 saturated carbocycles. The molecule has 3 nitrogen and oxygen atoms in total. The minimum Gasteiger partial charge on any atom is -0.332 e. The highest BCUT2D eigenvalue weighted by molar-refractivity contribution is 7.98. The van der Waals surface area contributed by atoms with E-state index in [0.717, 1.165) is 34.0 Å². The van der Waals surface area contributed by atoms with Crippen molar-refractivity contribution in [2.75, 3.05) is 0 Å². The number of likely N-dealkylation sites (tertiary alicyclic amines) is 1. The van der Waals surface area contributed by atoms with Gasteiger partial charge < -0.3 is 4.90 Å². The molecular weight excluding hydrogens is 352 g/mol. The number of aromatic nitrogens is 1. The first kappa shape index (κ1) is 18.3. The Hall–Kier alpha value is -1.52. The highest BCUT2D eigenvalue weighted by Crippen LogP contribution is 2.31. The quantitative estimate of drug-likeness (QED) is 0.676. The van der Waals surface area contributed by atoms with E-state index in [9.17, 15) is 4.79 Å². The summed E-state index contributed by atoms with van der Waals surface area (Å²) >= 11 is 8.01. The lowest BCUT2D eigenvalue weighted by atomic mass is 10.2. The number of carbonyl (C=O) groups excluding carboxylic acids is 1. The summed E-state index contributed by atoms with van der Waals surface area (Å²) in [5.74, 6) is 0.730. The second kappa shape index (κ2) is 7.79. The minimum atomic E-state index is 0.0398.